The highest BCUT2D eigenvalue weighted by atomic mass is 16.7. The van der Waals surface area contributed by atoms with Gasteiger partial charge in [0.15, 0.2) is 5.79 Å². The molecule has 0 saturated carbocycles. The first-order chi connectivity index (χ1) is 8.99. The maximum absolute atomic E-state index is 9.51. The molecule has 0 bridgehead atoms. The van der Waals surface area contributed by atoms with Crippen molar-refractivity contribution in [2.75, 3.05) is 26.8 Å². The number of nitrogens with one attached hydrogen (secondary N) is 1. The molecule has 112 valence electrons. The summed E-state index contributed by atoms with van der Waals surface area (Å²) in [7, 11) is 1.66. The second-order valence-electron chi connectivity index (χ2n) is 5.97. The first kappa shape index (κ1) is 15.2. The van der Waals surface area contributed by atoms with E-state index in [1.807, 2.05) is 13.8 Å². The number of aliphatic hydroxyl groups excluding tert-OH is 1. The van der Waals surface area contributed by atoms with Crippen LogP contribution in [0.15, 0.2) is 0 Å². The third-order valence-corrected chi connectivity index (χ3v) is 4.67. The molecule has 0 aromatic heterocycles. The Morgan fingerprint density at radius 3 is 2.63 bits per heavy atom. The summed E-state index contributed by atoms with van der Waals surface area (Å²) in [6.45, 7) is 7.75. The van der Waals surface area contributed by atoms with Gasteiger partial charge >= 0.3 is 0 Å². The van der Waals surface area contributed by atoms with E-state index in [9.17, 15) is 5.11 Å². The largest absolute Gasteiger partial charge is 0.396 e. The average molecular weight is 273 g/mol. The van der Waals surface area contributed by atoms with Crippen LogP contribution in [0.25, 0.3) is 0 Å². The number of rotatable bonds is 4. The first-order valence-corrected chi connectivity index (χ1v) is 7.22. The molecule has 2 fully saturated rings. The summed E-state index contributed by atoms with van der Waals surface area (Å²) in [6, 6.07) is 0. The van der Waals surface area contributed by atoms with Crippen molar-refractivity contribution < 1.29 is 19.3 Å². The predicted molar refractivity (Wildman–Crippen MR) is 71.9 cm³/mol. The van der Waals surface area contributed by atoms with Gasteiger partial charge < -0.3 is 24.6 Å². The number of aliphatic hydroxyl groups is 1. The van der Waals surface area contributed by atoms with Crippen molar-refractivity contribution in [3.05, 3.63) is 0 Å². The highest BCUT2D eigenvalue weighted by Crippen LogP contribution is 2.43. The molecule has 0 spiro atoms. The molecule has 5 atom stereocenters. The van der Waals surface area contributed by atoms with Crippen molar-refractivity contribution in [1.29, 1.82) is 0 Å². The SMILES string of the molecule is CCC[C@@]1(C)O[C@@H]2[C@@H](CO)CNC[C@H]2O[C@]1(C)OC. The van der Waals surface area contributed by atoms with Crippen LogP contribution in [0.1, 0.15) is 33.6 Å². The van der Waals surface area contributed by atoms with Gasteiger partial charge in [-0.2, -0.15) is 0 Å². The number of fused-ring (bicyclic) bond motifs is 1. The van der Waals surface area contributed by atoms with E-state index in [0.29, 0.717) is 0 Å². The minimum atomic E-state index is -0.747. The third kappa shape index (κ3) is 2.54. The number of methoxy groups -OCH3 is 1. The van der Waals surface area contributed by atoms with Crippen LogP contribution in [0, 0.1) is 5.92 Å². The smallest absolute Gasteiger partial charge is 0.194 e. The van der Waals surface area contributed by atoms with Crippen molar-refractivity contribution in [3.63, 3.8) is 0 Å². The Bertz CT molecular complexity index is 314. The summed E-state index contributed by atoms with van der Waals surface area (Å²) in [6.07, 6.45) is 1.73. The van der Waals surface area contributed by atoms with Crippen LogP contribution >= 0.6 is 0 Å². The lowest BCUT2D eigenvalue weighted by Gasteiger charge is -2.56. The monoisotopic (exact) mass is 273 g/mol. The van der Waals surface area contributed by atoms with E-state index in [1.165, 1.54) is 0 Å². The van der Waals surface area contributed by atoms with E-state index in [-0.39, 0.29) is 24.7 Å². The van der Waals surface area contributed by atoms with Crippen molar-refractivity contribution >= 4 is 0 Å². The number of piperidine rings is 1. The van der Waals surface area contributed by atoms with Gasteiger partial charge in [-0.05, 0) is 20.3 Å². The standard InChI is InChI=1S/C14H27NO4/c1-5-6-13(2)14(3,17-4)18-11-8-15-7-10(9-16)12(11)19-13/h10-12,15-16H,5-9H2,1-4H3/t10-,11-,12-,13-,14+/m1/s1. The topological polar surface area (TPSA) is 60.0 Å². The molecule has 0 amide bonds. The molecular formula is C14H27NO4. The molecule has 0 unspecified atom stereocenters. The van der Waals surface area contributed by atoms with E-state index in [2.05, 4.69) is 12.2 Å². The summed E-state index contributed by atoms with van der Waals surface area (Å²) >= 11 is 0. The summed E-state index contributed by atoms with van der Waals surface area (Å²) in [5.74, 6) is -0.667. The molecular weight excluding hydrogens is 246 g/mol. The average Bonchev–Trinajstić information content (AvgIpc) is 2.39. The summed E-state index contributed by atoms with van der Waals surface area (Å²) in [5.41, 5.74) is -0.484. The fourth-order valence-electron chi connectivity index (χ4n) is 3.24. The van der Waals surface area contributed by atoms with Gasteiger partial charge in [0.2, 0.25) is 0 Å². The maximum atomic E-state index is 9.51. The van der Waals surface area contributed by atoms with Gasteiger partial charge in [0.05, 0.1) is 6.10 Å². The van der Waals surface area contributed by atoms with Gasteiger partial charge in [0.25, 0.3) is 0 Å². The number of hydrogen-bond acceptors (Lipinski definition) is 5. The second kappa shape index (κ2) is 5.66. The Labute approximate surface area is 115 Å². The molecule has 5 nitrogen and oxygen atoms in total. The van der Waals surface area contributed by atoms with Gasteiger partial charge in [-0.1, -0.05) is 13.3 Å². The molecule has 5 heteroatoms. The molecule has 2 N–H and O–H groups in total. The number of hydrogen-bond donors (Lipinski definition) is 2. The van der Waals surface area contributed by atoms with E-state index < -0.39 is 11.4 Å². The van der Waals surface area contributed by atoms with Crippen LogP contribution in [0.4, 0.5) is 0 Å². The van der Waals surface area contributed by atoms with Gasteiger partial charge in [-0.15, -0.1) is 0 Å². The van der Waals surface area contributed by atoms with Crippen LogP contribution in [0.2, 0.25) is 0 Å². The molecule has 0 aliphatic carbocycles. The summed E-state index contributed by atoms with van der Waals surface area (Å²) < 4.78 is 18.2. The normalized spacial score (nSPS) is 46.9. The van der Waals surface area contributed by atoms with E-state index in [4.69, 9.17) is 14.2 Å². The minimum Gasteiger partial charge on any atom is -0.396 e. The lowest BCUT2D eigenvalue weighted by Crippen LogP contribution is -2.69. The Morgan fingerprint density at radius 2 is 2.05 bits per heavy atom. The van der Waals surface area contributed by atoms with Gasteiger partial charge in [0, 0.05) is 32.7 Å². The Morgan fingerprint density at radius 1 is 1.32 bits per heavy atom. The van der Waals surface area contributed by atoms with Crippen molar-refractivity contribution in [3.8, 4) is 0 Å². The van der Waals surface area contributed by atoms with Gasteiger partial charge in [0.1, 0.15) is 11.7 Å². The van der Waals surface area contributed by atoms with Crippen molar-refractivity contribution in [1.82, 2.24) is 5.32 Å². The summed E-state index contributed by atoms with van der Waals surface area (Å²) in [5, 5.41) is 12.8. The minimum absolute atomic E-state index is 0.0639. The molecule has 0 aromatic carbocycles. The zero-order valence-corrected chi connectivity index (χ0v) is 12.4. The van der Waals surface area contributed by atoms with Crippen LogP contribution in [-0.2, 0) is 14.2 Å². The Balaban J connectivity index is 2.24. The van der Waals surface area contributed by atoms with E-state index >= 15 is 0 Å². The van der Waals surface area contributed by atoms with Crippen molar-refractivity contribution in [2.24, 2.45) is 5.92 Å². The Kier molecular flexibility index (Phi) is 4.52. The van der Waals surface area contributed by atoms with Gasteiger partial charge in [-0.25, -0.2) is 0 Å². The van der Waals surface area contributed by atoms with Crippen LogP contribution in [0.5, 0.6) is 0 Å². The first-order valence-electron chi connectivity index (χ1n) is 7.22. The fraction of sp³-hybridized carbons (Fsp3) is 1.00. The van der Waals surface area contributed by atoms with Crippen molar-refractivity contribution in [2.45, 2.75) is 57.2 Å². The second-order valence-corrected chi connectivity index (χ2v) is 5.97. The van der Waals surface area contributed by atoms with E-state index in [0.717, 1.165) is 25.9 Å². The lowest BCUT2D eigenvalue weighted by molar-refractivity contribution is -0.395. The molecule has 19 heavy (non-hydrogen) atoms. The van der Waals surface area contributed by atoms with Crippen LogP contribution in [-0.4, -0.2) is 55.5 Å². The molecule has 2 rings (SSSR count). The molecule has 2 saturated heterocycles. The number of ether oxygens (including phenoxy) is 3. The third-order valence-electron chi connectivity index (χ3n) is 4.67. The Hall–Kier alpha value is -0.200. The highest BCUT2D eigenvalue weighted by molar-refractivity contribution is 5.00. The molecule has 2 aliphatic heterocycles. The van der Waals surface area contributed by atoms with Gasteiger partial charge in [-0.3, -0.25) is 0 Å². The van der Waals surface area contributed by atoms with E-state index in [1.54, 1.807) is 7.11 Å². The molecule has 2 aliphatic rings. The molecule has 0 aromatic rings. The predicted octanol–water partition coefficient (Wildman–Crippen LogP) is 0.903. The molecule has 2 heterocycles. The zero-order chi connectivity index (χ0) is 14.1. The lowest BCUT2D eigenvalue weighted by atomic mass is 9.84. The highest BCUT2D eigenvalue weighted by Gasteiger charge is 2.56. The summed E-state index contributed by atoms with van der Waals surface area (Å²) in [4.78, 5) is 0. The van der Waals surface area contributed by atoms with Crippen LogP contribution in [0.3, 0.4) is 0 Å². The zero-order valence-electron chi connectivity index (χ0n) is 12.4. The quantitative estimate of drug-likeness (QED) is 0.797. The fourth-order valence-corrected chi connectivity index (χ4v) is 3.24. The maximum Gasteiger partial charge on any atom is 0.194 e. The molecule has 0 radical (unpaired) electrons. The van der Waals surface area contributed by atoms with Crippen LogP contribution < -0.4 is 5.32 Å².